The monoisotopic (exact) mass is 306 g/mol. The SMILES string of the molecule is O=C(Cc1ccccn1)NC(Cn1cccn1)c1ccccc1. The molecular weight excluding hydrogens is 288 g/mol. The summed E-state index contributed by atoms with van der Waals surface area (Å²) in [7, 11) is 0. The van der Waals surface area contributed by atoms with Crippen LogP contribution in [-0.4, -0.2) is 20.7 Å². The largest absolute Gasteiger partial charge is 0.347 e. The van der Waals surface area contributed by atoms with Gasteiger partial charge in [0.2, 0.25) is 5.91 Å². The van der Waals surface area contributed by atoms with Crippen molar-refractivity contribution in [2.45, 2.75) is 19.0 Å². The first kappa shape index (κ1) is 15.0. The van der Waals surface area contributed by atoms with Crippen molar-refractivity contribution in [3.63, 3.8) is 0 Å². The number of benzene rings is 1. The number of hydrogen-bond donors (Lipinski definition) is 1. The minimum atomic E-state index is -0.132. The van der Waals surface area contributed by atoms with Crippen LogP contribution in [0.1, 0.15) is 17.3 Å². The molecule has 1 aromatic carbocycles. The topological polar surface area (TPSA) is 59.8 Å². The zero-order valence-corrected chi connectivity index (χ0v) is 12.7. The fourth-order valence-electron chi connectivity index (χ4n) is 2.43. The highest BCUT2D eigenvalue weighted by atomic mass is 16.1. The van der Waals surface area contributed by atoms with Gasteiger partial charge >= 0.3 is 0 Å². The summed E-state index contributed by atoms with van der Waals surface area (Å²) in [4.78, 5) is 16.5. The molecule has 0 aliphatic rings. The lowest BCUT2D eigenvalue weighted by molar-refractivity contribution is -0.121. The first-order chi connectivity index (χ1) is 11.3. The minimum absolute atomic E-state index is 0.0512. The van der Waals surface area contributed by atoms with Gasteiger partial charge in [0.25, 0.3) is 0 Å². The lowest BCUT2D eigenvalue weighted by Crippen LogP contribution is -2.32. The van der Waals surface area contributed by atoms with Gasteiger partial charge in [-0.1, -0.05) is 36.4 Å². The second-order valence-corrected chi connectivity index (χ2v) is 5.26. The van der Waals surface area contributed by atoms with Crippen molar-refractivity contribution >= 4 is 5.91 Å². The zero-order chi connectivity index (χ0) is 15.9. The molecule has 0 saturated carbocycles. The van der Waals surface area contributed by atoms with Crippen LogP contribution >= 0.6 is 0 Å². The molecule has 1 atom stereocenters. The molecule has 1 amide bonds. The van der Waals surface area contributed by atoms with Gasteiger partial charge in [-0.15, -0.1) is 0 Å². The third-order valence-corrected chi connectivity index (χ3v) is 3.53. The van der Waals surface area contributed by atoms with Gasteiger partial charge in [0.15, 0.2) is 0 Å². The van der Waals surface area contributed by atoms with Gasteiger partial charge in [-0.2, -0.15) is 5.10 Å². The Bertz CT molecular complexity index is 726. The van der Waals surface area contributed by atoms with Crippen LogP contribution in [0, 0.1) is 0 Å². The second-order valence-electron chi connectivity index (χ2n) is 5.26. The standard InChI is InChI=1S/C18H18N4O/c23-18(13-16-9-4-5-10-19-16)21-17(14-22-12-6-11-20-22)15-7-2-1-3-8-15/h1-12,17H,13-14H2,(H,21,23). The predicted molar refractivity (Wildman–Crippen MR) is 87.5 cm³/mol. The number of pyridine rings is 1. The van der Waals surface area contributed by atoms with Gasteiger partial charge in [0.1, 0.15) is 0 Å². The normalized spacial score (nSPS) is 11.8. The highest BCUT2D eigenvalue weighted by Crippen LogP contribution is 2.15. The van der Waals surface area contributed by atoms with Gasteiger partial charge < -0.3 is 5.32 Å². The van der Waals surface area contributed by atoms with Crippen LogP contribution in [0.4, 0.5) is 0 Å². The Balaban J connectivity index is 1.72. The maximum atomic E-state index is 12.3. The first-order valence-electron chi connectivity index (χ1n) is 7.53. The third-order valence-electron chi connectivity index (χ3n) is 3.53. The first-order valence-corrected chi connectivity index (χ1v) is 7.53. The van der Waals surface area contributed by atoms with E-state index in [4.69, 9.17) is 0 Å². The summed E-state index contributed by atoms with van der Waals surface area (Å²) < 4.78 is 1.82. The molecule has 23 heavy (non-hydrogen) atoms. The number of hydrogen-bond acceptors (Lipinski definition) is 3. The lowest BCUT2D eigenvalue weighted by atomic mass is 10.1. The van der Waals surface area contributed by atoms with Crippen molar-refractivity contribution in [1.82, 2.24) is 20.1 Å². The van der Waals surface area contributed by atoms with Crippen LogP contribution in [0.15, 0.2) is 73.2 Å². The van der Waals surface area contributed by atoms with Crippen LogP contribution < -0.4 is 5.32 Å². The second kappa shape index (κ2) is 7.35. The molecule has 0 saturated heterocycles. The van der Waals surface area contributed by atoms with Gasteiger partial charge in [0, 0.05) is 24.3 Å². The van der Waals surface area contributed by atoms with Gasteiger partial charge in [-0.3, -0.25) is 14.5 Å². The van der Waals surface area contributed by atoms with Crippen molar-refractivity contribution in [2.75, 3.05) is 0 Å². The van der Waals surface area contributed by atoms with Crippen molar-refractivity contribution in [3.05, 3.63) is 84.4 Å². The van der Waals surface area contributed by atoms with E-state index in [0.717, 1.165) is 11.3 Å². The van der Waals surface area contributed by atoms with Crippen LogP contribution in [0.25, 0.3) is 0 Å². The lowest BCUT2D eigenvalue weighted by Gasteiger charge is -2.19. The maximum absolute atomic E-state index is 12.3. The Hall–Kier alpha value is -2.95. The summed E-state index contributed by atoms with van der Waals surface area (Å²) in [5, 5.41) is 7.31. The van der Waals surface area contributed by atoms with E-state index in [-0.39, 0.29) is 18.4 Å². The number of aromatic nitrogens is 3. The Labute approximate surface area is 135 Å². The third kappa shape index (κ3) is 4.26. The van der Waals surface area contributed by atoms with E-state index >= 15 is 0 Å². The van der Waals surface area contributed by atoms with Crippen molar-refractivity contribution in [3.8, 4) is 0 Å². The fraction of sp³-hybridized carbons (Fsp3) is 0.167. The summed E-state index contributed by atoms with van der Waals surface area (Å²) in [6.07, 6.45) is 5.59. The Morgan fingerprint density at radius 2 is 1.87 bits per heavy atom. The van der Waals surface area contributed by atoms with Crippen LogP contribution in [-0.2, 0) is 17.8 Å². The molecular formula is C18H18N4O. The molecule has 1 unspecified atom stereocenters. The van der Waals surface area contributed by atoms with E-state index in [2.05, 4.69) is 15.4 Å². The summed E-state index contributed by atoms with van der Waals surface area (Å²) in [6.45, 7) is 0.588. The smallest absolute Gasteiger partial charge is 0.226 e. The minimum Gasteiger partial charge on any atom is -0.347 e. The number of amides is 1. The van der Waals surface area contributed by atoms with Gasteiger partial charge in [0.05, 0.1) is 19.0 Å². The molecule has 0 bridgehead atoms. The molecule has 5 heteroatoms. The Morgan fingerprint density at radius 1 is 1.04 bits per heavy atom. The number of nitrogens with one attached hydrogen (secondary N) is 1. The quantitative estimate of drug-likeness (QED) is 0.760. The zero-order valence-electron chi connectivity index (χ0n) is 12.7. The summed E-state index contributed by atoms with van der Waals surface area (Å²) in [5.74, 6) is -0.0512. The highest BCUT2D eigenvalue weighted by molar-refractivity contribution is 5.78. The number of rotatable bonds is 6. The van der Waals surface area contributed by atoms with Crippen LogP contribution in [0.3, 0.4) is 0 Å². The molecule has 2 heterocycles. The molecule has 0 aliphatic heterocycles. The molecule has 1 N–H and O–H groups in total. The molecule has 5 nitrogen and oxygen atoms in total. The average Bonchev–Trinajstić information content (AvgIpc) is 3.09. The van der Waals surface area contributed by atoms with Crippen molar-refractivity contribution < 1.29 is 4.79 Å². The molecule has 0 aliphatic carbocycles. The van der Waals surface area contributed by atoms with Crippen LogP contribution in [0.2, 0.25) is 0 Å². The number of carbonyl (C=O) groups excluding carboxylic acids is 1. The van der Waals surface area contributed by atoms with Crippen molar-refractivity contribution in [1.29, 1.82) is 0 Å². The summed E-state index contributed by atoms with van der Waals surface area (Å²) in [5.41, 5.74) is 1.81. The van der Waals surface area contributed by atoms with E-state index in [1.807, 2.05) is 65.5 Å². The maximum Gasteiger partial charge on any atom is 0.226 e. The van der Waals surface area contributed by atoms with E-state index in [0.29, 0.717) is 6.54 Å². The molecule has 116 valence electrons. The number of carbonyl (C=O) groups is 1. The van der Waals surface area contributed by atoms with Crippen molar-refractivity contribution in [2.24, 2.45) is 0 Å². The summed E-state index contributed by atoms with van der Waals surface area (Å²) in [6, 6.07) is 17.2. The Kier molecular flexibility index (Phi) is 4.79. The fourth-order valence-corrected chi connectivity index (χ4v) is 2.43. The van der Waals surface area contributed by atoms with E-state index in [9.17, 15) is 4.79 Å². The molecule has 0 spiro atoms. The van der Waals surface area contributed by atoms with Gasteiger partial charge in [-0.25, -0.2) is 0 Å². The van der Waals surface area contributed by atoms with Crippen LogP contribution in [0.5, 0.6) is 0 Å². The molecule has 0 fully saturated rings. The molecule has 3 aromatic rings. The van der Waals surface area contributed by atoms with E-state index < -0.39 is 0 Å². The Morgan fingerprint density at radius 3 is 2.57 bits per heavy atom. The van der Waals surface area contributed by atoms with Gasteiger partial charge in [-0.05, 0) is 23.8 Å². The number of nitrogens with zero attached hydrogens (tertiary/aromatic N) is 3. The predicted octanol–water partition coefficient (Wildman–Crippen LogP) is 2.38. The highest BCUT2D eigenvalue weighted by Gasteiger charge is 2.16. The van der Waals surface area contributed by atoms with E-state index in [1.165, 1.54) is 0 Å². The summed E-state index contributed by atoms with van der Waals surface area (Å²) >= 11 is 0. The molecule has 0 radical (unpaired) electrons. The average molecular weight is 306 g/mol. The molecule has 2 aromatic heterocycles. The van der Waals surface area contributed by atoms with E-state index in [1.54, 1.807) is 12.4 Å². The molecule has 3 rings (SSSR count).